The second-order valence-electron chi connectivity index (χ2n) is 4.59. The summed E-state index contributed by atoms with van der Waals surface area (Å²) < 4.78 is 0. The lowest BCUT2D eigenvalue weighted by Crippen LogP contribution is -2.36. The highest BCUT2D eigenvalue weighted by Gasteiger charge is 2.32. The van der Waals surface area contributed by atoms with E-state index in [-0.39, 0.29) is 43.9 Å². The summed E-state index contributed by atoms with van der Waals surface area (Å²) in [6.07, 6.45) is 0.447. The number of amides is 4. The van der Waals surface area contributed by atoms with Gasteiger partial charge in [0.2, 0.25) is 11.8 Å². The zero-order chi connectivity index (χ0) is 15.3. The monoisotopic (exact) mass is 285 g/mol. The number of likely N-dealkylation sites (N-methyl/N-ethyl adjacent to an activating group) is 2. The van der Waals surface area contributed by atoms with Crippen molar-refractivity contribution >= 4 is 23.8 Å². The van der Waals surface area contributed by atoms with Crippen molar-refractivity contribution in [2.24, 2.45) is 0 Å². The minimum atomic E-state index is -1.06. The van der Waals surface area contributed by atoms with E-state index in [9.17, 15) is 19.2 Å². The lowest BCUT2D eigenvalue weighted by molar-refractivity contribution is -0.144. The van der Waals surface area contributed by atoms with Crippen LogP contribution in [0.1, 0.15) is 19.8 Å². The normalized spacial score (nSPS) is 14.9. The smallest absolute Gasteiger partial charge is 0.326 e. The van der Waals surface area contributed by atoms with Crippen LogP contribution in [0.25, 0.3) is 0 Å². The fourth-order valence-electron chi connectivity index (χ4n) is 1.98. The van der Waals surface area contributed by atoms with Crippen LogP contribution in [0, 0.1) is 0 Å². The summed E-state index contributed by atoms with van der Waals surface area (Å²) in [5.41, 5.74) is 0. The Morgan fingerprint density at radius 3 is 2.45 bits per heavy atom. The number of hydrogen-bond donors (Lipinski definition) is 1. The Kier molecular flexibility index (Phi) is 5.48. The van der Waals surface area contributed by atoms with Crippen molar-refractivity contribution in [2.45, 2.75) is 19.8 Å². The third-order valence-electron chi connectivity index (χ3n) is 3.06. The van der Waals surface area contributed by atoms with Gasteiger partial charge in [-0.1, -0.05) is 0 Å². The maximum Gasteiger partial charge on any atom is 0.326 e. The van der Waals surface area contributed by atoms with Crippen molar-refractivity contribution < 1.29 is 24.3 Å². The number of carboxylic acid groups (broad SMARTS) is 1. The molecule has 0 bridgehead atoms. The third kappa shape index (κ3) is 3.94. The van der Waals surface area contributed by atoms with Gasteiger partial charge in [0.15, 0.2) is 0 Å². The van der Waals surface area contributed by atoms with E-state index >= 15 is 0 Å². The molecule has 0 aliphatic carbocycles. The summed E-state index contributed by atoms with van der Waals surface area (Å²) >= 11 is 0. The first-order valence-electron chi connectivity index (χ1n) is 6.41. The van der Waals surface area contributed by atoms with Crippen LogP contribution in [0.4, 0.5) is 4.79 Å². The van der Waals surface area contributed by atoms with Crippen molar-refractivity contribution in [3.05, 3.63) is 0 Å². The number of rotatable bonds is 7. The molecule has 1 heterocycles. The number of carbonyl (C=O) groups is 4. The number of carbonyl (C=O) groups excluding carboxylic acids is 3. The highest BCUT2D eigenvalue weighted by Crippen LogP contribution is 2.09. The van der Waals surface area contributed by atoms with Crippen molar-refractivity contribution in [1.29, 1.82) is 0 Å². The Morgan fingerprint density at radius 1 is 1.35 bits per heavy atom. The predicted molar refractivity (Wildman–Crippen MR) is 68.9 cm³/mol. The fraction of sp³-hybridized carbons (Fsp3) is 0.667. The lowest BCUT2D eigenvalue weighted by atomic mass is 10.2. The molecule has 1 aliphatic rings. The molecule has 8 heteroatoms. The predicted octanol–water partition coefficient (Wildman–Crippen LogP) is -0.406. The van der Waals surface area contributed by atoms with Crippen molar-refractivity contribution in [2.75, 3.05) is 33.2 Å². The van der Waals surface area contributed by atoms with Crippen LogP contribution in [0.15, 0.2) is 0 Å². The largest absolute Gasteiger partial charge is 0.480 e. The first-order valence-corrected chi connectivity index (χ1v) is 6.41. The molecule has 0 saturated carbocycles. The molecule has 0 aromatic heterocycles. The molecule has 1 saturated heterocycles. The van der Waals surface area contributed by atoms with Gasteiger partial charge < -0.3 is 14.9 Å². The first-order chi connectivity index (χ1) is 9.36. The maximum atomic E-state index is 11.8. The van der Waals surface area contributed by atoms with E-state index in [4.69, 9.17) is 5.11 Å². The summed E-state index contributed by atoms with van der Waals surface area (Å²) in [5.74, 6) is -1.63. The van der Waals surface area contributed by atoms with Gasteiger partial charge in [-0.05, 0) is 13.3 Å². The van der Waals surface area contributed by atoms with Crippen LogP contribution in [0.3, 0.4) is 0 Å². The van der Waals surface area contributed by atoms with Gasteiger partial charge in [-0.3, -0.25) is 19.3 Å². The lowest BCUT2D eigenvalue weighted by Gasteiger charge is -2.19. The van der Waals surface area contributed by atoms with E-state index in [1.807, 2.05) is 0 Å². The first kappa shape index (κ1) is 15.9. The number of carboxylic acids is 1. The Bertz CT molecular complexity index is 423. The molecule has 0 unspecified atom stereocenters. The zero-order valence-electron chi connectivity index (χ0n) is 11.7. The molecule has 0 aromatic rings. The number of imide groups is 1. The third-order valence-corrected chi connectivity index (χ3v) is 3.06. The Balaban J connectivity index is 2.40. The highest BCUT2D eigenvalue weighted by molar-refractivity contribution is 6.01. The fourth-order valence-corrected chi connectivity index (χ4v) is 1.98. The van der Waals surface area contributed by atoms with Crippen LogP contribution < -0.4 is 0 Å². The van der Waals surface area contributed by atoms with Gasteiger partial charge in [0.1, 0.15) is 13.1 Å². The number of aliphatic carboxylic acids is 1. The summed E-state index contributed by atoms with van der Waals surface area (Å²) in [7, 11) is 1.54. The average molecular weight is 285 g/mol. The molecule has 4 amide bonds. The number of nitrogens with zero attached hydrogens (tertiary/aromatic N) is 3. The van der Waals surface area contributed by atoms with Crippen molar-refractivity contribution in [3.8, 4) is 0 Å². The number of hydrogen-bond acceptors (Lipinski definition) is 4. The molecule has 20 heavy (non-hydrogen) atoms. The quantitative estimate of drug-likeness (QED) is 0.641. The highest BCUT2D eigenvalue weighted by atomic mass is 16.4. The van der Waals surface area contributed by atoms with Gasteiger partial charge in [-0.15, -0.1) is 0 Å². The van der Waals surface area contributed by atoms with E-state index in [2.05, 4.69) is 0 Å². The van der Waals surface area contributed by atoms with Gasteiger partial charge in [-0.25, -0.2) is 4.79 Å². The molecule has 0 radical (unpaired) electrons. The van der Waals surface area contributed by atoms with Gasteiger partial charge in [0, 0.05) is 26.6 Å². The van der Waals surface area contributed by atoms with Crippen LogP contribution >= 0.6 is 0 Å². The topological polar surface area (TPSA) is 98.2 Å². The van der Waals surface area contributed by atoms with E-state index in [0.29, 0.717) is 13.0 Å². The molecule has 0 atom stereocenters. The van der Waals surface area contributed by atoms with Crippen molar-refractivity contribution in [3.63, 3.8) is 0 Å². The second kappa shape index (κ2) is 6.88. The van der Waals surface area contributed by atoms with Crippen LogP contribution in [0.2, 0.25) is 0 Å². The molecule has 112 valence electrons. The van der Waals surface area contributed by atoms with E-state index < -0.39 is 5.97 Å². The van der Waals surface area contributed by atoms with Crippen LogP contribution in [0.5, 0.6) is 0 Å². The average Bonchev–Trinajstić information content (AvgIpc) is 2.61. The minimum absolute atomic E-state index is 0.0624. The summed E-state index contributed by atoms with van der Waals surface area (Å²) in [6, 6.07) is -0.361. The molecule has 1 aliphatic heterocycles. The van der Waals surface area contributed by atoms with Gasteiger partial charge in [0.25, 0.3) is 0 Å². The minimum Gasteiger partial charge on any atom is -0.480 e. The van der Waals surface area contributed by atoms with Gasteiger partial charge in [-0.2, -0.15) is 0 Å². The zero-order valence-corrected chi connectivity index (χ0v) is 11.7. The summed E-state index contributed by atoms with van der Waals surface area (Å²) in [5, 5.41) is 8.66. The molecular weight excluding hydrogens is 266 g/mol. The van der Waals surface area contributed by atoms with Crippen molar-refractivity contribution in [1.82, 2.24) is 14.7 Å². The van der Waals surface area contributed by atoms with E-state index in [1.54, 1.807) is 6.92 Å². The Hall–Kier alpha value is -2.12. The van der Waals surface area contributed by atoms with Gasteiger partial charge >= 0.3 is 12.0 Å². The van der Waals surface area contributed by atoms with E-state index in [0.717, 1.165) is 4.90 Å². The molecular formula is C12H19N3O5. The molecule has 0 aromatic carbocycles. The van der Waals surface area contributed by atoms with Crippen LogP contribution in [-0.2, 0) is 14.4 Å². The second-order valence-corrected chi connectivity index (χ2v) is 4.59. The summed E-state index contributed by atoms with van der Waals surface area (Å²) in [6.45, 7) is 1.92. The molecule has 1 fully saturated rings. The summed E-state index contributed by atoms with van der Waals surface area (Å²) in [4.78, 5) is 49.1. The molecule has 0 spiro atoms. The van der Waals surface area contributed by atoms with Crippen LogP contribution in [-0.4, -0.2) is 76.8 Å². The maximum absolute atomic E-state index is 11.8. The molecule has 1 N–H and O–H groups in total. The molecule has 1 rings (SSSR count). The SMILES string of the molecule is CCN(CC(=O)O)C(=O)CCCN1C(=O)CN(C)C1=O. The van der Waals surface area contributed by atoms with E-state index in [1.165, 1.54) is 16.8 Å². The Morgan fingerprint density at radius 2 is 2.00 bits per heavy atom. The molecule has 8 nitrogen and oxygen atoms in total. The standard InChI is InChI=1S/C12H19N3O5/c1-3-14(8-11(18)19)9(16)5-4-6-15-10(17)7-13(2)12(15)20/h3-8H2,1-2H3,(H,18,19). The Labute approximate surface area is 116 Å². The van der Waals surface area contributed by atoms with Gasteiger partial charge in [0.05, 0.1) is 0 Å². The number of urea groups is 1.